The highest BCUT2D eigenvalue weighted by Crippen LogP contribution is 2.35. The number of aryl methyl sites for hydroxylation is 1. The van der Waals surface area contributed by atoms with Crippen LogP contribution in [0.5, 0.6) is 0 Å². The number of hydrogen-bond donors (Lipinski definition) is 0. The fraction of sp³-hybridized carbons (Fsp3) is 0.385. The number of rotatable bonds is 1. The van der Waals surface area contributed by atoms with Crippen LogP contribution in [0.25, 0.3) is 10.7 Å². The Morgan fingerprint density at radius 2 is 1.89 bits per heavy atom. The number of nitrogens with zero attached hydrogens (tertiary/aromatic N) is 2. The van der Waals surface area contributed by atoms with Gasteiger partial charge in [-0.1, -0.05) is 32.4 Å². The molecule has 0 fully saturated rings. The van der Waals surface area contributed by atoms with Gasteiger partial charge in [-0.05, 0) is 40.4 Å². The van der Waals surface area contributed by atoms with Crippen molar-refractivity contribution in [3.63, 3.8) is 0 Å². The highest BCUT2D eigenvalue weighted by Gasteiger charge is 2.18. The Balaban J connectivity index is 2.47. The van der Waals surface area contributed by atoms with Gasteiger partial charge in [0.05, 0.1) is 15.0 Å². The standard InChI is InChI=1S/C13H14BrClN2S/c1-7-10(14)11(15)17-12(16-7)8-5-6-9(18-8)13(2,3)4/h5-6H,1-4H3. The maximum Gasteiger partial charge on any atom is 0.171 e. The van der Waals surface area contributed by atoms with E-state index in [1.54, 1.807) is 11.3 Å². The van der Waals surface area contributed by atoms with Crippen molar-refractivity contribution in [1.82, 2.24) is 9.97 Å². The second-order valence-electron chi connectivity index (χ2n) is 5.15. The minimum Gasteiger partial charge on any atom is -0.231 e. The van der Waals surface area contributed by atoms with Crippen LogP contribution < -0.4 is 0 Å². The Morgan fingerprint density at radius 3 is 2.39 bits per heavy atom. The first-order chi connectivity index (χ1) is 8.29. The van der Waals surface area contributed by atoms with Crippen molar-refractivity contribution in [3.8, 4) is 10.7 Å². The monoisotopic (exact) mass is 344 g/mol. The van der Waals surface area contributed by atoms with Gasteiger partial charge in [0.25, 0.3) is 0 Å². The van der Waals surface area contributed by atoms with Gasteiger partial charge in [-0.25, -0.2) is 9.97 Å². The smallest absolute Gasteiger partial charge is 0.171 e. The first kappa shape index (κ1) is 14.0. The maximum atomic E-state index is 6.07. The zero-order valence-electron chi connectivity index (χ0n) is 10.7. The van der Waals surface area contributed by atoms with Gasteiger partial charge in [0.15, 0.2) is 5.82 Å². The highest BCUT2D eigenvalue weighted by molar-refractivity contribution is 9.10. The molecule has 0 aromatic carbocycles. The van der Waals surface area contributed by atoms with E-state index >= 15 is 0 Å². The molecule has 0 aliphatic carbocycles. The molecule has 0 saturated carbocycles. The molecule has 0 aliphatic heterocycles. The molecule has 0 aliphatic rings. The predicted octanol–water partition coefficient (Wildman–Crippen LogP) is 5.23. The number of aromatic nitrogens is 2. The lowest BCUT2D eigenvalue weighted by molar-refractivity contribution is 0.604. The average Bonchev–Trinajstić information content (AvgIpc) is 2.73. The maximum absolute atomic E-state index is 6.07. The molecule has 0 spiro atoms. The summed E-state index contributed by atoms with van der Waals surface area (Å²) in [5.41, 5.74) is 1.01. The summed E-state index contributed by atoms with van der Waals surface area (Å²) in [6, 6.07) is 4.19. The fourth-order valence-corrected chi connectivity index (χ4v) is 2.89. The molecule has 5 heteroatoms. The molecule has 2 aromatic rings. The summed E-state index contributed by atoms with van der Waals surface area (Å²) in [5.74, 6) is 0.696. The van der Waals surface area contributed by atoms with Crippen LogP contribution in [0.2, 0.25) is 5.15 Å². The van der Waals surface area contributed by atoms with Crippen molar-refractivity contribution >= 4 is 38.9 Å². The van der Waals surface area contributed by atoms with E-state index in [1.165, 1.54) is 4.88 Å². The topological polar surface area (TPSA) is 25.8 Å². The quantitative estimate of drug-likeness (QED) is 0.662. The minimum atomic E-state index is 0.150. The molecule has 2 heterocycles. The van der Waals surface area contributed by atoms with Gasteiger partial charge >= 0.3 is 0 Å². The van der Waals surface area contributed by atoms with Crippen molar-refractivity contribution in [2.45, 2.75) is 33.1 Å². The molecule has 0 saturated heterocycles. The summed E-state index contributed by atoms with van der Waals surface area (Å²) in [6.07, 6.45) is 0. The summed E-state index contributed by atoms with van der Waals surface area (Å²) in [5, 5.41) is 0.461. The zero-order valence-corrected chi connectivity index (χ0v) is 13.9. The van der Waals surface area contributed by atoms with E-state index < -0.39 is 0 Å². The molecule has 2 nitrogen and oxygen atoms in total. The molecule has 96 valence electrons. The van der Waals surface area contributed by atoms with E-state index in [-0.39, 0.29) is 5.41 Å². The van der Waals surface area contributed by atoms with Crippen LogP contribution in [0.3, 0.4) is 0 Å². The second kappa shape index (κ2) is 4.91. The van der Waals surface area contributed by atoms with Gasteiger partial charge in [-0.15, -0.1) is 11.3 Å². The van der Waals surface area contributed by atoms with Crippen molar-refractivity contribution in [3.05, 3.63) is 32.3 Å². The Bertz CT molecular complexity index is 564. The molecular weight excluding hydrogens is 332 g/mol. The minimum absolute atomic E-state index is 0.150. The van der Waals surface area contributed by atoms with Crippen molar-refractivity contribution in [2.75, 3.05) is 0 Å². The molecule has 0 bridgehead atoms. The van der Waals surface area contributed by atoms with Crippen LogP contribution in [0.15, 0.2) is 16.6 Å². The molecular formula is C13H14BrClN2S. The largest absolute Gasteiger partial charge is 0.231 e. The lowest BCUT2D eigenvalue weighted by Gasteiger charge is -2.15. The first-order valence-electron chi connectivity index (χ1n) is 5.59. The molecule has 2 aromatic heterocycles. The summed E-state index contributed by atoms with van der Waals surface area (Å²) < 4.78 is 0.764. The molecule has 0 amide bonds. The summed E-state index contributed by atoms with van der Waals surface area (Å²) in [6.45, 7) is 8.51. The van der Waals surface area contributed by atoms with Gasteiger partial charge in [0.2, 0.25) is 0 Å². The van der Waals surface area contributed by atoms with E-state index in [2.05, 4.69) is 58.8 Å². The van der Waals surface area contributed by atoms with Crippen LogP contribution in [0, 0.1) is 6.92 Å². The van der Waals surface area contributed by atoms with E-state index in [4.69, 9.17) is 11.6 Å². The normalized spacial score (nSPS) is 11.9. The third kappa shape index (κ3) is 2.76. The van der Waals surface area contributed by atoms with Crippen LogP contribution in [0.4, 0.5) is 0 Å². The molecule has 0 N–H and O–H groups in total. The second-order valence-corrected chi connectivity index (χ2v) is 7.39. The SMILES string of the molecule is Cc1nc(-c2ccc(C(C)(C)C)s2)nc(Cl)c1Br. The van der Waals surface area contributed by atoms with Crippen molar-refractivity contribution < 1.29 is 0 Å². The summed E-state index contributed by atoms with van der Waals surface area (Å²) >= 11 is 11.2. The van der Waals surface area contributed by atoms with Gasteiger partial charge in [0.1, 0.15) is 5.15 Å². The Hall–Kier alpha value is -0.450. The number of halogens is 2. The lowest BCUT2D eigenvalue weighted by Crippen LogP contribution is -2.07. The molecule has 0 unspecified atom stereocenters. The number of hydrogen-bond acceptors (Lipinski definition) is 3. The Morgan fingerprint density at radius 1 is 1.22 bits per heavy atom. The highest BCUT2D eigenvalue weighted by atomic mass is 79.9. The average molecular weight is 346 g/mol. The molecule has 0 atom stereocenters. The lowest BCUT2D eigenvalue weighted by atomic mass is 9.95. The first-order valence-corrected chi connectivity index (χ1v) is 7.58. The van der Waals surface area contributed by atoms with E-state index in [9.17, 15) is 0 Å². The molecule has 2 rings (SSSR count). The van der Waals surface area contributed by atoms with E-state index in [1.807, 2.05) is 6.92 Å². The van der Waals surface area contributed by atoms with Gasteiger partial charge in [-0.2, -0.15) is 0 Å². The third-order valence-electron chi connectivity index (χ3n) is 2.54. The van der Waals surface area contributed by atoms with Crippen LogP contribution in [-0.2, 0) is 5.41 Å². The Labute approximate surface area is 125 Å². The van der Waals surface area contributed by atoms with Crippen LogP contribution >= 0.6 is 38.9 Å². The fourth-order valence-electron chi connectivity index (χ4n) is 1.50. The molecule has 0 radical (unpaired) electrons. The van der Waals surface area contributed by atoms with Crippen molar-refractivity contribution in [1.29, 1.82) is 0 Å². The van der Waals surface area contributed by atoms with Gasteiger partial charge in [-0.3, -0.25) is 0 Å². The van der Waals surface area contributed by atoms with Gasteiger partial charge < -0.3 is 0 Å². The van der Waals surface area contributed by atoms with Crippen LogP contribution in [-0.4, -0.2) is 9.97 Å². The van der Waals surface area contributed by atoms with E-state index in [0.29, 0.717) is 11.0 Å². The van der Waals surface area contributed by atoms with Gasteiger partial charge in [0, 0.05) is 4.88 Å². The predicted molar refractivity (Wildman–Crippen MR) is 81.5 cm³/mol. The van der Waals surface area contributed by atoms with E-state index in [0.717, 1.165) is 15.0 Å². The van der Waals surface area contributed by atoms with Crippen LogP contribution in [0.1, 0.15) is 31.3 Å². The summed E-state index contributed by atoms with van der Waals surface area (Å²) in [7, 11) is 0. The third-order valence-corrected chi connectivity index (χ3v) is 5.50. The molecule has 18 heavy (non-hydrogen) atoms. The van der Waals surface area contributed by atoms with Crippen molar-refractivity contribution in [2.24, 2.45) is 0 Å². The Kier molecular flexibility index (Phi) is 3.81. The zero-order chi connectivity index (χ0) is 13.5. The number of thiophene rings is 1. The summed E-state index contributed by atoms with van der Waals surface area (Å²) in [4.78, 5) is 11.2.